The molecule has 0 amide bonds. The van der Waals surface area contributed by atoms with E-state index in [1.54, 1.807) is 12.1 Å². The van der Waals surface area contributed by atoms with Gasteiger partial charge in [0, 0.05) is 28.8 Å². The molecular formula is C18H12F2N2O3S. The van der Waals surface area contributed by atoms with Crippen LogP contribution >= 0.6 is 0 Å². The standard InChI is InChI=1S/C18H12F2N2O3S/c1-26(23,24)13-5-11(20)4-12(7-13)22-18-8-15-14-3-2-10(19)6-16(14)25-17(15)9-21-18/h2-9H,1H3,(H,21,22). The molecule has 0 bridgehead atoms. The number of aromatic nitrogens is 1. The summed E-state index contributed by atoms with van der Waals surface area (Å²) in [5.41, 5.74) is 1.12. The van der Waals surface area contributed by atoms with E-state index in [1.807, 2.05) is 0 Å². The molecule has 2 heterocycles. The van der Waals surface area contributed by atoms with Crippen LogP contribution in [0.2, 0.25) is 0 Å². The highest BCUT2D eigenvalue weighted by Crippen LogP contribution is 2.31. The molecular weight excluding hydrogens is 362 g/mol. The first-order valence-corrected chi connectivity index (χ1v) is 9.44. The number of furan rings is 1. The maximum absolute atomic E-state index is 13.7. The zero-order chi connectivity index (χ0) is 18.5. The lowest BCUT2D eigenvalue weighted by Gasteiger charge is -2.08. The van der Waals surface area contributed by atoms with E-state index < -0.39 is 21.5 Å². The number of fused-ring (bicyclic) bond motifs is 3. The summed E-state index contributed by atoms with van der Waals surface area (Å²) in [6, 6.07) is 9.34. The third-order valence-electron chi connectivity index (χ3n) is 3.89. The Morgan fingerprint density at radius 3 is 2.54 bits per heavy atom. The van der Waals surface area contributed by atoms with E-state index >= 15 is 0 Å². The molecule has 4 rings (SSSR count). The van der Waals surface area contributed by atoms with Crippen LogP contribution in [0.25, 0.3) is 21.9 Å². The van der Waals surface area contributed by atoms with E-state index in [0.717, 1.165) is 12.3 Å². The highest BCUT2D eigenvalue weighted by molar-refractivity contribution is 7.90. The van der Waals surface area contributed by atoms with Crippen molar-refractivity contribution in [1.82, 2.24) is 4.98 Å². The van der Waals surface area contributed by atoms with Gasteiger partial charge >= 0.3 is 0 Å². The lowest BCUT2D eigenvalue weighted by molar-refractivity contribution is 0.596. The van der Waals surface area contributed by atoms with Crippen LogP contribution in [0.1, 0.15) is 0 Å². The van der Waals surface area contributed by atoms with Crippen LogP contribution in [0.15, 0.2) is 58.0 Å². The number of halogens is 2. The highest BCUT2D eigenvalue weighted by atomic mass is 32.2. The van der Waals surface area contributed by atoms with Gasteiger partial charge in [-0.05, 0) is 36.4 Å². The summed E-state index contributed by atoms with van der Waals surface area (Å²) in [6.45, 7) is 0. The maximum atomic E-state index is 13.7. The molecule has 0 atom stereocenters. The molecule has 0 saturated carbocycles. The summed E-state index contributed by atoms with van der Waals surface area (Å²) in [4.78, 5) is 4.04. The number of anilines is 2. The second-order valence-corrected chi connectivity index (χ2v) is 7.90. The largest absolute Gasteiger partial charge is 0.454 e. The van der Waals surface area contributed by atoms with Crippen LogP contribution in [0.3, 0.4) is 0 Å². The molecule has 0 spiro atoms. The fourth-order valence-electron chi connectivity index (χ4n) is 2.72. The predicted molar refractivity (Wildman–Crippen MR) is 94.3 cm³/mol. The summed E-state index contributed by atoms with van der Waals surface area (Å²) in [5.74, 6) is -0.716. The van der Waals surface area contributed by atoms with Gasteiger partial charge in [0.1, 0.15) is 23.0 Å². The van der Waals surface area contributed by atoms with Crippen molar-refractivity contribution in [1.29, 1.82) is 0 Å². The van der Waals surface area contributed by atoms with Gasteiger partial charge in [0.2, 0.25) is 0 Å². The van der Waals surface area contributed by atoms with Gasteiger partial charge < -0.3 is 9.73 Å². The van der Waals surface area contributed by atoms with Crippen molar-refractivity contribution in [3.63, 3.8) is 0 Å². The van der Waals surface area contributed by atoms with Gasteiger partial charge in [-0.15, -0.1) is 0 Å². The fraction of sp³-hybridized carbons (Fsp3) is 0.0556. The number of hydrogen-bond acceptors (Lipinski definition) is 5. The molecule has 8 heteroatoms. The van der Waals surface area contributed by atoms with Crippen LogP contribution in [0.5, 0.6) is 0 Å². The summed E-state index contributed by atoms with van der Waals surface area (Å²) in [7, 11) is -3.55. The van der Waals surface area contributed by atoms with Gasteiger partial charge in [0.15, 0.2) is 15.4 Å². The van der Waals surface area contributed by atoms with E-state index in [2.05, 4.69) is 10.3 Å². The number of pyridine rings is 1. The third kappa shape index (κ3) is 2.99. The molecule has 0 unspecified atom stereocenters. The Hall–Kier alpha value is -3.00. The maximum Gasteiger partial charge on any atom is 0.175 e. The molecule has 5 nitrogen and oxygen atoms in total. The minimum Gasteiger partial charge on any atom is -0.454 e. The molecule has 0 aliphatic heterocycles. The Labute approximate surface area is 147 Å². The Bertz CT molecular complexity index is 1270. The van der Waals surface area contributed by atoms with Gasteiger partial charge in [0.05, 0.1) is 11.1 Å². The first kappa shape index (κ1) is 16.5. The Morgan fingerprint density at radius 1 is 0.962 bits per heavy atom. The number of rotatable bonds is 3. The zero-order valence-electron chi connectivity index (χ0n) is 13.5. The lowest BCUT2D eigenvalue weighted by Crippen LogP contribution is -2.00. The topological polar surface area (TPSA) is 72.2 Å². The van der Waals surface area contributed by atoms with Crippen LogP contribution in [0, 0.1) is 11.6 Å². The van der Waals surface area contributed by atoms with E-state index in [-0.39, 0.29) is 10.6 Å². The van der Waals surface area contributed by atoms with Crippen LogP contribution in [-0.4, -0.2) is 19.7 Å². The van der Waals surface area contributed by atoms with Crippen molar-refractivity contribution < 1.29 is 21.6 Å². The van der Waals surface area contributed by atoms with Crippen LogP contribution in [-0.2, 0) is 9.84 Å². The summed E-state index contributed by atoms with van der Waals surface area (Å²) >= 11 is 0. The molecule has 132 valence electrons. The molecule has 2 aromatic heterocycles. The van der Waals surface area contributed by atoms with Crippen molar-refractivity contribution in [3.8, 4) is 0 Å². The van der Waals surface area contributed by atoms with Crippen molar-refractivity contribution >= 4 is 43.3 Å². The number of nitrogens with zero attached hydrogens (tertiary/aromatic N) is 1. The smallest absolute Gasteiger partial charge is 0.175 e. The zero-order valence-corrected chi connectivity index (χ0v) is 14.3. The molecule has 0 saturated heterocycles. The quantitative estimate of drug-likeness (QED) is 0.575. The molecule has 0 fully saturated rings. The average Bonchev–Trinajstić information content (AvgIpc) is 2.90. The summed E-state index contributed by atoms with van der Waals surface area (Å²) in [6.07, 6.45) is 2.47. The van der Waals surface area contributed by atoms with E-state index in [0.29, 0.717) is 27.8 Å². The van der Waals surface area contributed by atoms with Crippen molar-refractivity contribution in [3.05, 3.63) is 60.3 Å². The third-order valence-corrected chi connectivity index (χ3v) is 4.99. The number of nitrogens with one attached hydrogen (secondary N) is 1. The second-order valence-electron chi connectivity index (χ2n) is 5.88. The van der Waals surface area contributed by atoms with Gasteiger partial charge in [-0.25, -0.2) is 22.2 Å². The van der Waals surface area contributed by atoms with E-state index in [4.69, 9.17) is 4.42 Å². The highest BCUT2D eigenvalue weighted by Gasteiger charge is 2.12. The normalized spacial score (nSPS) is 12.0. The molecule has 0 aliphatic rings. The van der Waals surface area contributed by atoms with Crippen LogP contribution < -0.4 is 5.32 Å². The Balaban J connectivity index is 1.78. The number of sulfone groups is 1. The first-order chi connectivity index (χ1) is 12.3. The van der Waals surface area contributed by atoms with Gasteiger partial charge in [-0.1, -0.05) is 0 Å². The van der Waals surface area contributed by atoms with E-state index in [1.165, 1.54) is 30.5 Å². The SMILES string of the molecule is CS(=O)(=O)c1cc(F)cc(Nc2cc3c(cn2)oc2cc(F)ccc23)c1. The Kier molecular flexibility index (Phi) is 3.66. The minimum atomic E-state index is -3.55. The molecule has 1 N–H and O–H groups in total. The minimum absolute atomic E-state index is 0.134. The lowest BCUT2D eigenvalue weighted by atomic mass is 10.2. The molecule has 2 aromatic carbocycles. The molecule has 4 aromatic rings. The average molecular weight is 374 g/mol. The number of hydrogen-bond donors (Lipinski definition) is 1. The molecule has 0 radical (unpaired) electrons. The van der Waals surface area contributed by atoms with Crippen molar-refractivity contribution in [2.24, 2.45) is 0 Å². The van der Waals surface area contributed by atoms with Gasteiger partial charge in [-0.2, -0.15) is 0 Å². The number of benzene rings is 2. The Morgan fingerprint density at radius 2 is 1.77 bits per heavy atom. The monoisotopic (exact) mass is 374 g/mol. The fourth-order valence-corrected chi connectivity index (χ4v) is 3.39. The molecule has 0 aliphatic carbocycles. The second kappa shape index (κ2) is 5.77. The predicted octanol–water partition coefficient (Wildman–Crippen LogP) is 4.41. The van der Waals surface area contributed by atoms with Crippen LogP contribution in [0.4, 0.5) is 20.3 Å². The summed E-state index contributed by atoms with van der Waals surface area (Å²) < 4.78 is 55.9. The van der Waals surface area contributed by atoms with E-state index in [9.17, 15) is 17.2 Å². The van der Waals surface area contributed by atoms with Gasteiger partial charge in [-0.3, -0.25) is 0 Å². The van der Waals surface area contributed by atoms with Gasteiger partial charge in [0.25, 0.3) is 0 Å². The molecule has 26 heavy (non-hydrogen) atoms. The first-order valence-electron chi connectivity index (χ1n) is 7.55. The van der Waals surface area contributed by atoms with Crippen molar-refractivity contribution in [2.45, 2.75) is 4.90 Å². The summed E-state index contributed by atoms with van der Waals surface area (Å²) in [5, 5.41) is 4.30. The van der Waals surface area contributed by atoms with Crippen molar-refractivity contribution in [2.75, 3.05) is 11.6 Å².